The minimum Gasteiger partial charge on any atom is -0.326 e. The average molecular weight is 286 g/mol. The SMILES string of the molecule is NCc1cc(S(=O)(=O)NCC(F)(F)F)ccc1F. The first-order valence-electron chi connectivity index (χ1n) is 4.70. The molecule has 0 bridgehead atoms. The maximum absolute atomic E-state index is 13.1. The smallest absolute Gasteiger partial charge is 0.326 e. The van der Waals surface area contributed by atoms with Crippen molar-refractivity contribution >= 4 is 10.0 Å². The molecule has 0 unspecified atom stereocenters. The normalized spacial score (nSPS) is 12.7. The summed E-state index contributed by atoms with van der Waals surface area (Å²) in [6, 6.07) is 2.60. The lowest BCUT2D eigenvalue weighted by atomic mass is 10.2. The zero-order valence-electron chi connectivity index (χ0n) is 8.96. The molecule has 0 aliphatic carbocycles. The molecule has 0 saturated heterocycles. The predicted molar refractivity (Wildman–Crippen MR) is 55.5 cm³/mol. The third-order valence-corrected chi connectivity index (χ3v) is 3.41. The van der Waals surface area contributed by atoms with E-state index in [4.69, 9.17) is 5.73 Å². The van der Waals surface area contributed by atoms with E-state index >= 15 is 0 Å². The summed E-state index contributed by atoms with van der Waals surface area (Å²) in [5, 5.41) is 0. The molecule has 0 fully saturated rings. The lowest BCUT2D eigenvalue weighted by Gasteiger charge is -2.10. The van der Waals surface area contributed by atoms with Gasteiger partial charge in [0, 0.05) is 12.1 Å². The Morgan fingerprint density at radius 3 is 2.39 bits per heavy atom. The molecule has 18 heavy (non-hydrogen) atoms. The van der Waals surface area contributed by atoms with Crippen LogP contribution in [-0.4, -0.2) is 21.1 Å². The van der Waals surface area contributed by atoms with Crippen LogP contribution in [0.15, 0.2) is 23.1 Å². The van der Waals surface area contributed by atoms with Crippen molar-refractivity contribution in [1.82, 2.24) is 4.72 Å². The number of sulfonamides is 1. The number of halogens is 4. The van der Waals surface area contributed by atoms with E-state index in [0.717, 1.165) is 18.2 Å². The summed E-state index contributed by atoms with van der Waals surface area (Å²) in [5.41, 5.74) is 5.08. The van der Waals surface area contributed by atoms with Crippen LogP contribution in [0.2, 0.25) is 0 Å². The topological polar surface area (TPSA) is 72.2 Å². The van der Waals surface area contributed by atoms with E-state index in [-0.39, 0.29) is 12.1 Å². The van der Waals surface area contributed by atoms with Gasteiger partial charge in [0.1, 0.15) is 12.4 Å². The van der Waals surface area contributed by atoms with E-state index < -0.39 is 33.5 Å². The van der Waals surface area contributed by atoms with E-state index in [0.29, 0.717) is 0 Å². The summed E-state index contributed by atoms with van der Waals surface area (Å²) in [6.07, 6.45) is -4.66. The third-order valence-electron chi connectivity index (χ3n) is 2.01. The summed E-state index contributed by atoms with van der Waals surface area (Å²) in [5.74, 6) is -0.715. The number of hydrogen-bond donors (Lipinski definition) is 2. The van der Waals surface area contributed by atoms with Gasteiger partial charge in [-0.2, -0.15) is 13.2 Å². The van der Waals surface area contributed by atoms with Crippen LogP contribution >= 0.6 is 0 Å². The minimum atomic E-state index is -4.66. The molecule has 1 rings (SSSR count). The van der Waals surface area contributed by atoms with Gasteiger partial charge in [-0.15, -0.1) is 0 Å². The van der Waals surface area contributed by atoms with Crippen LogP contribution in [0.5, 0.6) is 0 Å². The molecule has 0 spiro atoms. The summed E-state index contributed by atoms with van der Waals surface area (Å²) in [7, 11) is -4.34. The molecular formula is C9H10F4N2O2S. The van der Waals surface area contributed by atoms with E-state index in [1.165, 1.54) is 4.72 Å². The Hall–Kier alpha value is -1.19. The molecule has 0 radical (unpaired) electrons. The average Bonchev–Trinajstić information content (AvgIpc) is 2.26. The van der Waals surface area contributed by atoms with Crippen LogP contribution in [0, 0.1) is 5.82 Å². The van der Waals surface area contributed by atoms with Gasteiger partial charge >= 0.3 is 6.18 Å². The van der Waals surface area contributed by atoms with Crippen LogP contribution in [0.3, 0.4) is 0 Å². The van der Waals surface area contributed by atoms with Gasteiger partial charge in [-0.05, 0) is 18.2 Å². The standard InChI is InChI=1S/C9H10F4N2O2S/c10-8-2-1-7(3-6(8)4-14)18(16,17)15-5-9(11,12)13/h1-3,15H,4-5,14H2. The highest BCUT2D eigenvalue weighted by Gasteiger charge is 2.30. The monoisotopic (exact) mass is 286 g/mol. The van der Waals surface area contributed by atoms with Crippen molar-refractivity contribution in [3.05, 3.63) is 29.6 Å². The Morgan fingerprint density at radius 2 is 1.89 bits per heavy atom. The van der Waals surface area contributed by atoms with Gasteiger partial charge in [0.2, 0.25) is 10.0 Å². The Morgan fingerprint density at radius 1 is 1.28 bits per heavy atom. The van der Waals surface area contributed by atoms with Gasteiger partial charge in [0.25, 0.3) is 0 Å². The van der Waals surface area contributed by atoms with Crippen LogP contribution in [-0.2, 0) is 16.6 Å². The van der Waals surface area contributed by atoms with E-state index in [1.54, 1.807) is 0 Å². The summed E-state index contributed by atoms with van der Waals surface area (Å²) in [6.45, 7) is -1.95. The molecule has 3 N–H and O–H groups in total. The number of benzene rings is 1. The molecule has 102 valence electrons. The number of nitrogens with one attached hydrogen (secondary N) is 1. The molecule has 9 heteroatoms. The van der Waals surface area contributed by atoms with Gasteiger partial charge < -0.3 is 5.73 Å². The van der Waals surface area contributed by atoms with Crippen molar-refractivity contribution in [3.63, 3.8) is 0 Å². The predicted octanol–water partition coefficient (Wildman–Crippen LogP) is 1.13. The summed E-state index contributed by atoms with van der Waals surface area (Å²) >= 11 is 0. The van der Waals surface area contributed by atoms with Crippen LogP contribution in [0.1, 0.15) is 5.56 Å². The second-order valence-corrected chi connectivity index (χ2v) is 5.16. The van der Waals surface area contributed by atoms with Gasteiger partial charge in [-0.1, -0.05) is 0 Å². The minimum absolute atomic E-state index is 0.0927. The van der Waals surface area contributed by atoms with Gasteiger partial charge in [0.05, 0.1) is 4.90 Å². The van der Waals surface area contributed by atoms with Crippen molar-refractivity contribution in [2.75, 3.05) is 6.54 Å². The van der Waals surface area contributed by atoms with Crippen LogP contribution < -0.4 is 10.5 Å². The molecule has 0 atom stereocenters. The second kappa shape index (κ2) is 5.21. The summed E-state index contributed by atoms with van der Waals surface area (Å²) in [4.78, 5) is -0.464. The molecule has 0 aromatic heterocycles. The molecule has 4 nitrogen and oxygen atoms in total. The highest BCUT2D eigenvalue weighted by molar-refractivity contribution is 7.89. The molecule has 1 aromatic carbocycles. The van der Waals surface area contributed by atoms with E-state index in [2.05, 4.69) is 0 Å². The van der Waals surface area contributed by atoms with Crippen LogP contribution in [0.4, 0.5) is 17.6 Å². The molecule has 0 heterocycles. The Labute approximate surface area is 101 Å². The first-order chi connectivity index (χ1) is 8.15. The first-order valence-corrected chi connectivity index (χ1v) is 6.19. The zero-order chi connectivity index (χ0) is 14.0. The molecular weight excluding hydrogens is 276 g/mol. The van der Waals surface area contributed by atoms with Crippen molar-refractivity contribution in [2.24, 2.45) is 5.73 Å². The fourth-order valence-corrected chi connectivity index (χ4v) is 2.20. The first kappa shape index (κ1) is 14.9. The fourth-order valence-electron chi connectivity index (χ4n) is 1.13. The number of hydrogen-bond acceptors (Lipinski definition) is 3. The van der Waals surface area contributed by atoms with Crippen molar-refractivity contribution in [3.8, 4) is 0 Å². The zero-order valence-corrected chi connectivity index (χ0v) is 9.78. The van der Waals surface area contributed by atoms with Gasteiger partial charge in [-0.3, -0.25) is 0 Å². The fraction of sp³-hybridized carbons (Fsp3) is 0.333. The van der Waals surface area contributed by atoms with Gasteiger partial charge in [-0.25, -0.2) is 17.5 Å². The lowest BCUT2D eigenvalue weighted by Crippen LogP contribution is -2.33. The highest BCUT2D eigenvalue weighted by atomic mass is 32.2. The molecule has 0 aliphatic heterocycles. The van der Waals surface area contributed by atoms with Gasteiger partial charge in [0.15, 0.2) is 0 Å². The quantitative estimate of drug-likeness (QED) is 0.815. The molecule has 0 aliphatic rings. The van der Waals surface area contributed by atoms with Crippen molar-refractivity contribution < 1.29 is 26.0 Å². The van der Waals surface area contributed by atoms with E-state index in [1.807, 2.05) is 0 Å². The molecule has 0 amide bonds. The van der Waals surface area contributed by atoms with E-state index in [9.17, 15) is 26.0 Å². The second-order valence-electron chi connectivity index (χ2n) is 3.40. The third kappa shape index (κ3) is 3.93. The van der Waals surface area contributed by atoms with Crippen molar-refractivity contribution in [2.45, 2.75) is 17.6 Å². The summed E-state index contributed by atoms with van der Waals surface area (Å²) < 4.78 is 73.1. The molecule has 0 saturated carbocycles. The Balaban J connectivity index is 2.99. The lowest BCUT2D eigenvalue weighted by molar-refractivity contribution is -0.121. The maximum Gasteiger partial charge on any atom is 0.402 e. The van der Waals surface area contributed by atoms with Crippen LogP contribution in [0.25, 0.3) is 0 Å². The maximum atomic E-state index is 13.1. The molecule has 1 aromatic rings. The largest absolute Gasteiger partial charge is 0.402 e. The highest BCUT2D eigenvalue weighted by Crippen LogP contribution is 2.17. The number of alkyl halides is 3. The Bertz CT molecular complexity index is 528. The Kier molecular flexibility index (Phi) is 4.30. The van der Waals surface area contributed by atoms with Crippen molar-refractivity contribution in [1.29, 1.82) is 0 Å². The number of rotatable bonds is 4. The number of nitrogens with two attached hydrogens (primary N) is 1.